The van der Waals surface area contributed by atoms with Crippen molar-refractivity contribution in [1.82, 2.24) is 4.57 Å². The monoisotopic (exact) mass is 311 g/mol. The minimum Gasteiger partial charge on any atom is -0.347 e. The first-order chi connectivity index (χ1) is 11.2. The maximum absolute atomic E-state index is 12.2. The molecule has 0 saturated heterocycles. The summed E-state index contributed by atoms with van der Waals surface area (Å²) in [7, 11) is 2.06. The third-order valence-electron chi connectivity index (χ3n) is 4.45. The smallest absolute Gasteiger partial charge is 0.189 e. The molecule has 0 saturated carbocycles. The van der Waals surface area contributed by atoms with Gasteiger partial charge in [0.25, 0.3) is 0 Å². The van der Waals surface area contributed by atoms with Gasteiger partial charge in [0.05, 0.1) is 5.52 Å². The summed E-state index contributed by atoms with van der Waals surface area (Å²) < 4.78 is 2.16. The van der Waals surface area contributed by atoms with E-state index in [0.29, 0.717) is 0 Å². The molecule has 0 fully saturated rings. The molecule has 1 aromatic carbocycles. The molecule has 1 aromatic heterocycles. The van der Waals surface area contributed by atoms with Crippen LogP contribution in [0, 0.1) is 0 Å². The zero-order valence-electron chi connectivity index (χ0n) is 14.6. The van der Waals surface area contributed by atoms with Gasteiger partial charge in [0.15, 0.2) is 5.43 Å². The van der Waals surface area contributed by atoms with Crippen LogP contribution >= 0.6 is 0 Å². The Morgan fingerprint density at radius 3 is 2.43 bits per heavy atom. The Bertz CT molecular complexity index is 697. The molecule has 0 bridgehead atoms. The number of nitrogens with zero attached hydrogens (tertiary/aromatic N) is 1. The van der Waals surface area contributed by atoms with Crippen LogP contribution < -0.4 is 5.43 Å². The quantitative estimate of drug-likeness (QED) is 0.449. The summed E-state index contributed by atoms with van der Waals surface area (Å²) in [5.74, 6) is 0. The van der Waals surface area contributed by atoms with Gasteiger partial charge >= 0.3 is 0 Å². The van der Waals surface area contributed by atoms with Crippen molar-refractivity contribution >= 4 is 10.9 Å². The van der Waals surface area contributed by atoms with Crippen molar-refractivity contribution in [3.05, 3.63) is 58.4 Å². The lowest BCUT2D eigenvalue weighted by atomic mass is 10.1. The first kappa shape index (κ1) is 17.5. The highest BCUT2D eigenvalue weighted by Gasteiger charge is 2.05. The Hall–Kier alpha value is -1.83. The van der Waals surface area contributed by atoms with E-state index in [1.54, 1.807) is 0 Å². The Labute approximate surface area is 139 Å². The Kier molecular flexibility index (Phi) is 7.12. The largest absolute Gasteiger partial charge is 0.347 e. The number of fused-ring (bicyclic) bond motifs is 1. The summed E-state index contributed by atoms with van der Waals surface area (Å²) in [6.07, 6.45) is 14.2. The minimum absolute atomic E-state index is 0.143. The van der Waals surface area contributed by atoms with Crippen molar-refractivity contribution in [2.24, 2.45) is 7.05 Å². The normalized spacial score (nSPS) is 11.6. The molecule has 2 heteroatoms. The zero-order chi connectivity index (χ0) is 16.5. The molecule has 1 heterocycles. The van der Waals surface area contributed by atoms with Crippen molar-refractivity contribution in [2.45, 2.75) is 58.3 Å². The number of pyridine rings is 1. The van der Waals surface area contributed by atoms with Gasteiger partial charge in [-0.25, -0.2) is 0 Å². The number of hydrogen-bond acceptors (Lipinski definition) is 1. The molecule has 0 radical (unpaired) electrons. The SMILES string of the molecule is CCCCC/C=C/CCCCc1cc(=O)c2ccccc2n1C. The van der Waals surface area contributed by atoms with Crippen LogP contribution in [0.2, 0.25) is 0 Å². The lowest BCUT2D eigenvalue weighted by Crippen LogP contribution is -2.11. The highest BCUT2D eigenvalue weighted by atomic mass is 16.1. The summed E-state index contributed by atoms with van der Waals surface area (Å²) in [5.41, 5.74) is 2.32. The van der Waals surface area contributed by atoms with E-state index in [0.717, 1.165) is 35.9 Å². The molecule has 23 heavy (non-hydrogen) atoms. The Morgan fingerprint density at radius 2 is 1.70 bits per heavy atom. The van der Waals surface area contributed by atoms with Crippen molar-refractivity contribution in [3.8, 4) is 0 Å². The number of benzene rings is 1. The number of para-hydroxylation sites is 1. The zero-order valence-corrected chi connectivity index (χ0v) is 14.6. The van der Waals surface area contributed by atoms with E-state index in [9.17, 15) is 4.79 Å². The number of rotatable bonds is 9. The molecule has 0 unspecified atom stereocenters. The summed E-state index contributed by atoms with van der Waals surface area (Å²) in [6.45, 7) is 2.24. The highest BCUT2D eigenvalue weighted by molar-refractivity contribution is 5.79. The van der Waals surface area contributed by atoms with Gasteiger partial charge in [-0.2, -0.15) is 0 Å². The van der Waals surface area contributed by atoms with Crippen LogP contribution in [0.1, 0.15) is 57.6 Å². The molecule has 0 atom stereocenters. The molecule has 0 aliphatic heterocycles. The fourth-order valence-electron chi connectivity index (χ4n) is 3.01. The van der Waals surface area contributed by atoms with E-state index in [-0.39, 0.29) is 5.43 Å². The van der Waals surface area contributed by atoms with Gasteiger partial charge in [0, 0.05) is 24.2 Å². The molecule has 0 amide bonds. The van der Waals surface area contributed by atoms with Crippen LogP contribution in [-0.2, 0) is 13.5 Å². The maximum atomic E-state index is 12.2. The van der Waals surface area contributed by atoms with Crippen LogP contribution in [0.15, 0.2) is 47.3 Å². The second-order valence-corrected chi connectivity index (χ2v) is 6.29. The molecular formula is C21H29NO. The van der Waals surface area contributed by atoms with E-state index in [4.69, 9.17) is 0 Å². The lowest BCUT2D eigenvalue weighted by molar-refractivity contribution is 0.701. The maximum Gasteiger partial charge on any atom is 0.189 e. The fraction of sp³-hybridized carbons (Fsp3) is 0.476. The molecule has 2 nitrogen and oxygen atoms in total. The number of aromatic nitrogens is 1. The van der Waals surface area contributed by atoms with Gasteiger partial charge < -0.3 is 4.57 Å². The van der Waals surface area contributed by atoms with Crippen LogP contribution in [0.3, 0.4) is 0 Å². The van der Waals surface area contributed by atoms with Gasteiger partial charge in [0.2, 0.25) is 0 Å². The van der Waals surface area contributed by atoms with E-state index >= 15 is 0 Å². The van der Waals surface area contributed by atoms with Gasteiger partial charge in [-0.3, -0.25) is 4.79 Å². The minimum atomic E-state index is 0.143. The van der Waals surface area contributed by atoms with Crippen LogP contribution in [0.4, 0.5) is 0 Å². The van der Waals surface area contributed by atoms with Gasteiger partial charge in [0.1, 0.15) is 0 Å². The fourth-order valence-corrected chi connectivity index (χ4v) is 3.01. The van der Waals surface area contributed by atoms with Crippen molar-refractivity contribution in [2.75, 3.05) is 0 Å². The first-order valence-electron chi connectivity index (χ1n) is 8.96. The van der Waals surface area contributed by atoms with E-state index in [1.165, 1.54) is 32.1 Å². The van der Waals surface area contributed by atoms with Gasteiger partial charge in [-0.1, -0.05) is 44.1 Å². The molecule has 0 spiro atoms. The summed E-state index contributed by atoms with van der Waals surface area (Å²) in [6, 6.07) is 9.66. The van der Waals surface area contributed by atoms with Gasteiger partial charge in [-0.05, 0) is 50.7 Å². The van der Waals surface area contributed by atoms with Crippen molar-refractivity contribution in [1.29, 1.82) is 0 Å². The van der Waals surface area contributed by atoms with Crippen LogP contribution in [0.25, 0.3) is 10.9 Å². The molecule has 2 aromatic rings. The summed E-state index contributed by atoms with van der Waals surface area (Å²) in [5, 5.41) is 0.814. The lowest BCUT2D eigenvalue weighted by Gasteiger charge is -2.12. The highest BCUT2D eigenvalue weighted by Crippen LogP contribution is 2.13. The molecular weight excluding hydrogens is 282 g/mol. The number of allylic oxidation sites excluding steroid dienone is 2. The number of hydrogen-bond donors (Lipinski definition) is 0. The molecule has 0 aliphatic rings. The van der Waals surface area contributed by atoms with Crippen LogP contribution in [-0.4, -0.2) is 4.57 Å². The van der Waals surface area contributed by atoms with E-state index in [1.807, 2.05) is 30.3 Å². The Morgan fingerprint density at radius 1 is 1.00 bits per heavy atom. The van der Waals surface area contributed by atoms with Crippen molar-refractivity contribution < 1.29 is 0 Å². The first-order valence-corrected chi connectivity index (χ1v) is 8.96. The second kappa shape index (κ2) is 9.34. The van der Waals surface area contributed by atoms with E-state index in [2.05, 4.69) is 30.7 Å². The van der Waals surface area contributed by atoms with Crippen molar-refractivity contribution in [3.63, 3.8) is 0 Å². The number of aryl methyl sites for hydroxylation is 2. The van der Waals surface area contributed by atoms with Crippen LogP contribution in [0.5, 0.6) is 0 Å². The van der Waals surface area contributed by atoms with Gasteiger partial charge in [-0.15, -0.1) is 0 Å². The standard InChI is InChI=1S/C21H29NO/c1-3-4-5-6-7-8-9-10-11-14-18-17-21(23)19-15-12-13-16-20(19)22(18)2/h7-8,12-13,15-17H,3-6,9-11,14H2,1-2H3/b8-7+. The van der Waals surface area contributed by atoms with E-state index < -0.39 is 0 Å². The Balaban J connectivity index is 1.84. The third kappa shape index (κ3) is 5.09. The molecule has 0 N–H and O–H groups in total. The predicted molar refractivity (Wildman–Crippen MR) is 100 cm³/mol. The average molecular weight is 311 g/mol. The predicted octanol–water partition coefficient (Wildman–Crippen LogP) is 5.39. The third-order valence-corrected chi connectivity index (χ3v) is 4.45. The number of unbranched alkanes of at least 4 members (excludes halogenated alkanes) is 5. The molecule has 124 valence electrons. The second-order valence-electron chi connectivity index (χ2n) is 6.29. The summed E-state index contributed by atoms with van der Waals surface area (Å²) in [4.78, 5) is 12.2. The summed E-state index contributed by atoms with van der Waals surface area (Å²) >= 11 is 0. The average Bonchev–Trinajstić information content (AvgIpc) is 2.57. The molecule has 0 aliphatic carbocycles. The topological polar surface area (TPSA) is 22.0 Å². The molecule has 2 rings (SSSR count).